The topological polar surface area (TPSA) is 41.6 Å². The highest BCUT2D eigenvalue weighted by Gasteiger charge is 2.49. The van der Waals surface area contributed by atoms with E-state index < -0.39 is 0 Å². The number of halogens is 1. The van der Waals surface area contributed by atoms with Crippen LogP contribution in [0.2, 0.25) is 5.02 Å². The maximum atomic E-state index is 12.0. The van der Waals surface area contributed by atoms with Crippen LogP contribution in [-0.4, -0.2) is 31.3 Å². The van der Waals surface area contributed by atoms with Crippen molar-refractivity contribution in [3.05, 3.63) is 29.3 Å². The van der Waals surface area contributed by atoms with E-state index in [1.165, 1.54) is 0 Å². The number of hydrogen-bond acceptors (Lipinski definition) is 3. The van der Waals surface area contributed by atoms with E-state index in [1.54, 1.807) is 11.0 Å². The number of nitrogens with one attached hydrogen (secondary N) is 1. The summed E-state index contributed by atoms with van der Waals surface area (Å²) in [5.74, 6) is 0. The first-order chi connectivity index (χ1) is 8.73. The van der Waals surface area contributed by atoms with Crippen molar-refractivity contribution in [1.29, 1.82) is 0 Å². The zero-order chi connectivity index (χ0) is 12.6. The Morgan fingerprint density at radius 2 is 2.22 bits per heavy atom. The molecule has 0 aliphatic carbocycles. The van der Waals surface area contributed by atoms with E-state index in [1.807, 2.05) is 18.2 Å². The van der Waals surface area contributed by atoms with Gasteiger partial charge in [-0.15, -0.1) is 0 Å². The second-order valence-electron chi connectivity index (χ2n) is 4.85. The fourth-order valence-corrected chi connectivity index (χ4v) is 2.99. The lowest BCUT2D eigenvalue weighted by Gasteiger charge is -2.39. The first-order valence-corrected chi connectivity index (χ1v) is 6.53. The summed E-state index contributed by atoms with van der Waals surface area (Å²) < 4.78 is 5.26. The van der Waals surface area contributed by atoms with Crippen LogP contribution in [0, 0.1) is 0 Å². The smallest absolute Gasteiger partial charge is 0.415 e. The molecule has 1 spiro atoms. The van der Waals surface area contributed by atoms with Crippen LogP contribution in [0.15, 0.2) is 24.3 Å². The highest BCUT2D eigenvalue weighted by atomic mass is 35.5. The lowest BCUT2D eigenvalue weighted by molar-refractivity contribution is 0.167. The number of hydrogen-bond donors (Lipinski definition) is 1. The van der Waals surface area contributed by atoms with Gasteiger partial charge in [0.2, 0.25) is 0 Å². The fourth-order valence-electron chi connectivity index (χ4n) is 2.77. The Labute approximate surface area is 111 Å². The number of anilines is 1. The Balaban J connectivity index is 2.02. The van der Waals surface area contributed by atoms with Crippen LogP contribution in [0.1, 0.15) is 12.8 Å². The molecule has 0 aromatic heterocycles. The molecule has 3 rings (SSSR count). The van der Waals surface area contributed by atoms with Crippen molar-refractivity contribution in [2.75, 3.05) is 24.6 Å². The molecule has 2 aliphatic heterocycles. The summed E-state index contributed by atoms with van der Waals surface area (Å²) in [6, 6.07) is 7.41. The fraction of sp³-hybridized carbons (Fsp3) is 0.462. The van der Waals surface area contributed by atoms with Crippen molar-refractivity contribution in [3.63, 3.8) is 0 Å². The Bertz CT molecular complexity index is 472. The molecule has 2 heterocycles. The van der Waals surface area contributed by atoms with E-state index >= 15 is 0 Å². The second-order valence-corrected chi connectivity index (χ2v) is 5.25. The van der Waals surface area contributed by atoms with E-state index in [-0.39, 0.29) is 11.6 Å². The van der Waals surface area contributed by atoms with Crippen LogP contribution >= 0.6 is 11.6 Å². The number of para-hydroxylation sites is 1. The van der Waals surface area contributed by atoms with Crippen molar-refractivity contribution < 1.29 is 9.53 Å². The predicted molar refractivity (Wildman–Crippen MR) is 70.1 cm³/mol. The second kappa shape index (κ2) is 4.44. The minimum Gasteiger partial charge on any atom is -0.447 e. The molecule has 2 aliphatic rings. The molecule has 2 fully saturated rings. The third-order valence-corrected chi connectivity index (χ3v) is 3.98. The number of ether oxygens (including phenoxy) is 1. The molecule has 1 N–H and O–H groups in total. The predicted octanol–water partition coefficient (Wildman–Crippen LogP) is 2.42. The van der Waals surface area contributed by atoms with Crippen LogP contribution in [0.3, 0.4) is 0 Å². The van der Waals surface area contributed by atoms with Crippen LogP contribution in [0.25, 0.3) is 0 Å². The number of carbonyl (C=O) groups is 1. The molecule has 1 amide bonds. The summed E-state index contributed by atoms with van der Waals surface area (Å²) in [7, 11) is 0. The van der Waals surface area contributed by atoms with Crippen LogP contribution < -0.4 is 10.2 Å². The molecule has 2 saturated heterocycles. The van der Waals surface area contributed by atoms with Crippen molar-refractivity contribution >= 4 is 23.4 Å². The molecular formula is C13H15ClN2O2. The number of amides is 1. The normalized spacial score (nSPS) is 27.6. The quantitative estimate of drug-likeness (QED) is 0.849. The molecule has 18 heavy (non-hydrogen) atoms. The molecule has 1 atom stereocenters. The third kappa shape index (κ3) is 1.76. The Kier molecular flexibility index (Phi) is 2.92. The van der Waals surface area contributed by atoms with Gasteiger partial charge in [-0.2, -0.15) is 0 Å². The largest absolute Gasteiger partial charge is 0.447 e. The maximum Gasteiger partial charge on any atom is 0.415 e. The van der Waals surface area contributed by atoms with Gasteiger partial charge < -0.3 is 10.1 Å². The van der Waals surface area contributed by atoms with Gasteiger partial charge in [-0.1, -0.05) is 23.7 Å². The van der Waals surface area contributed by atoms with Gasteiger partial charge >= 0.3 is 6.09 Å². The summed E-state index contributed by atoms with van der Waals surface area (Å²) in [4.78, 5) is 13.7. The maximum absolute atomic E-state index is 12.0. The van der Waals surface area contributed by atoms with Gasteiger partial charge in [0, 0.05) is 6.54 Å². The lowest BCUT2D eigenvalue weighted by Crippen LogP contribution is -2.57. The zero-order valence-corrected chi connectivity index (χ0v) is 10.7. The Morgan fingerprint density at radius 1 is 1.39 bits per heavy atom. The minimum absolute atomic E-state index is 0.277. The number of rotatable bonds is 1. The van der Waals surface area contributed by atoms with Gasteiger partial charge in [-0.3, -0.25) is 4.90 Å². The molecule has 0 radical (unpaired) electrons. The van der Waals surface area contributed by atoms with Crippen LogP contribution in [0.5, 0.6) is 0 Å². The SMILES string of the molecule is O=C1OCC2(CCCNC2)N1c1ccccc1Cl. The Hall–Kier alpha value is -1.26. The standard InChI is InChI=1S/C13H15ClN2O2/c14-10-4-1-2-5-11(10)16-12(17)18-9-13(16)6-3-7-15-8-13/h1-2,4-5,15H,3,6-9H2. The number of nitrogens with zero attached hydrogens (tertiary/aromatic N) is 1. The lowest BCUT2D eigenvalue weighted by atomic mass is 9.89. The van der Waals surface area contributed by atoms with E-state index in [2.05, 4.69) is 5.32 Å². The molecule has 1 unspecified atom stereocenters. The van der Waals surface area contributed by atoms with Crippen molar-refractivity contribution in [2.45, 2.75) is 18.4 Å². The van der Waals surface area contributed by atoms with Crippen LogP contribution in [0.4, 0.5) is 10.5 Å². The van der Waals surface area contributed by atoms with E-state index in [4.69, 9.17) is 16.3 Å². The van der Waals surface area contributed by atoms with Gasteiger partial charge in [-0.05, 0) is 31.5 Å². The summed E-state index contributed by atoms with van der Waals surface area (Å²) in [5.41, 5.74) is 0.464. The minimum atomic E-state index is -0.299. The average Bonchev–Trinajstić information content (AvgIpc) is 2.69. The van der Waals surface area contributed by atoms with Crippen LogP contribution in [-0.2, 0) is 4.74 Å². The van der Waals surface area contributed by atoms with Gasteiger partial charge in [0.15, 0.2) is 0 Å². The zero-order valence-electron chi connectivity index (χ0n) is 9.99. The summed E-state index contributed by atoms with van der Waals surface area (Å²) in [5, 5.41) is 3.92. The average molecular weight is 267 g/mol. The number of cyclic esters (lactones) is 1. The summed E-state index contributed by atoms with van der Waals surface area (Å²) in [6.07, 6.45) is 1.68. The van der Waals surface area contributed by atoms with E-state index in [0.29, 0.717) is 11.6 Å². The highest BCUT2D eigenvalue weighted by molar-refractivity contribution is 6.33. The van der Waals surface area contributed by atoms with E-state index in [9.17, 15) is 4.79 Å². The van der Waals surface area contributed by atoms with Crippen molar-refractivity contribution in [3.8, 4) is 0 Å². The summed E-state index contributed by atoms with van der Waals surface area (Å²) in [6.45, 7) is 2.18. The monoisotopic (exact) mass is 266 g/mol. The summed E-state index contributed by atoms with van der Waals surface area (Å²) >= 11 is 6.20. The van der Waals surface area contributed by atoms with Gasteiger partial charge in [0.1, 0.15) is 6.61 Å². The molecule has 1 aromatic carbocycles. The molecule has 4 nitrogen and oxygen atoms in total. The van der Waals surface area contributed by atoms with E-state index in [0.717, 1.165) is 31.6 Å². The molecule has 0 bridgehead atoms. The highest BCUT2D eigenvalue weighted by Crippen LogP contribution is 2.38. The number of piperidine rings is 1. The van der Waals surface area contributed by atoms with Crippen molar-refractivity contribution in [1.82, 2.24) is 5.32 Å². The van der Waals surface area contributed by atoms with Crippen molar-refractivity contribution in [2.24, 2.45) is 0 Å². The molecule has 5 heteroatoms. The first kappa shape index (κ1) is 11.8. The number of carbonyl (C=O) groups excluding carboxylic acids is 1. The molecule has 96 valence electrons. The van der Waals surface area contributed by atoms with Gasteiger partial charge in [0.05, 0.1) is 16.2 Å². The first-order valence-electron chi connectivity index (χ1n) is 6.15. The van der Waals surface area contributed by atoms with Gasteiger partial charge in [-0.25, -0.2) is 4.79 Å². The molecular weight excluding hydrogens is 252 g/mol. The molecule has 1 aromatic rings. The molecule has 0 saturated carbocycles. The Morgan fingerprint density at radius 3 is 2.94 bits per heavy atom. The number of benzene rings is 1. The third-order valence-electron chi connectivity index (χ3n) is 3.66. The van der Waals surface area contributed by atoms with Gasteiger partial charge in [0.25, 0.3) is 0 Å².